The highest BCUT2D eigenvalue weighted by molar-refractivity contribution is 7.87. The van der Waals surface area contributed by atoms with Crippen LogP contribution in [0.25, 0.3) is 0 Å². The number of amides is 1. The molecule has 4 nitrogen and oxygen atoms in total. The molecule has 0 heterocycles. The van der Waals surface area contributed by atoms with Crippen molar-refractivity contribution in [1.82, 2.24) is 4.90 Å². The first-order valence-electron chi connectivity index (χ1n) is 8.74. The van der Waals surface area contributed by atoms with Crippen LogP contribution in [0.15, 0.2) is 89.7 Å². The molecule has 0 saturated carbocycles. The molecule has 3 aromatic rings. The Kier molecular flexibility index (Phi) is 5.90. The maximum atomic E-state index is 11.9. The zero-order valence-corrected chi connectivity index (χ0v) is 16.4. The lowest BCUT2D eigenvalue weighted by Crippen LogP contribution is -2.30. The highest BCUT2D eigenvalue weighted by atomic mass is 31.2. The van der Waals surface area contributed by atoms with Crippen LogP contribution in [0, 0.1) is 0 Å². The molecule has 3 rings (SSSR count). The molecule has 0 spiro atoms. The zero-order valence-electron chi connectivity index (χ0n) is 15.5. The molecule has 0 unspecified atom stereocenters. The molecule has 0 aliphatic heterocycles. The molecule has 138 valence electrons. The van der Waals surface area contributed by atoms with Crippen LogP contribution in [-0.2, 0) is 6.54 Å². The Bertz CT molecular complexity index is 926. The fraction of sp³-hybridized carbons (Fsp3) is 0.136. The van der Waals surface area contributed by atoms with E-state index in [-0.39, 0.29) is 0 Å². The number of benzene rings is 3. The highest BCUT2D eigenvalue weighted by Gasteiger charge is 2.30. The number of rotatable bonds is 5. The molecular weight excluding hydrogens is 355 g/mol. The zero-order chi connectivity index (χ0) is 19.3. The van der Waals surface area contributed by atoms with Gasteiger partial charge in [0, 0.05) is 22.5 Å². The van der Waals surface area contributed by atoms with Gasteiger partial charge < -0.3 is 10.0 Å². The summed E-state index contributed by atoms with van der Waals surface area (Å²) in [4.78, 5) is 14.0. The van der Waals surface area contributed by atoms with Gasteiger partial charge in [-0.3, -0.25) is 0 Å². The average molecular weight is 378 g/mol. The van der Waals surface area contributed by atoms with Crippen molar-refractivity contribution >= 4 is 29.1 Å². The number of carbonyl (C=O) groups is 1. The van der Waals surface area contributed by atoms with Gasteiger partial charge in [-0.15, -0.1) is 0 Å². The number of hydrogen-bond acceptors (Lipinski definition) is 2. The Morgan fingerprint density at radius 3 is 1.81 bits per heavy atom. The van der Waals surface area contributed by atoms with Crippen molar-refractivity contribution in [2.75, 3.05) is 14.1 Å². The smallest absolute Gasteiger partial charge is 0.430 e. The van der Waals surface area contributed by atoms with Gasteiger partial charge in [0.25, 0.3) is 0 Å². The van der Waals surface area contributed by atoms with Crippen molar-refractivity contribution in [2.24, 2.45) is 4.74 Å². The first-order chi connectivity index (χ1) is 13.0. The normalized spacial score (nSPS) is 11.4. The topological polar surface area (TPSA) is 52.9 Å². The second-order valence-corrected chi connectivity index (χ2v) is 9.54. The molecule has 1 N–H and O–H groups in total. The molecule has 0 bridgehead atoms. The summed E-state index contributed by atoms with van der Waals surface area (Å²) in [6.07, 6.45) is -1.14. The Morgan fingerprint density at radius 1 is 0.852 bits per heavy atom. The van der Waals surface area contributed by atoms with E-state index in [1.54, 1.807) is 0 Å². The van der Waals surface area contributed by atoms with Crippen LogP contribution in [0.3, 0.4) is 0 Å². The number of carboxylic acid groups (broad SMARTS) is 1. The summed E-state index contributed by atoms with van der Waals surface area (Å²) in [5, 5.41) is 12.6. The van der Waals surface area contributed by atoms with Crippen molar-refractivity contribution in [3.63, 3.8) is 0 Å². The van der Waals surface area contributed by atoms with E-state index in [0.29, 0.717) is 6.54 Å². The van der Waals surface area contributed by atoms with Crippen LogP contribution in [0.1, 0.15) is 5.56 Å². The van der Waals surface area contributed by atoms with Crippen molar-refractivity contribution in [1.29, 1.82) is 0 Å². The van der Waals surface area contributed by atoms with Gasteiger partial charge in [-0.1, -0.05) is 84.9 Å². The molecule has 27 heavy (non-hydrogen) atoms. The molecule has 3 aromatic carbocycles. The lowest BCUT2D eigenvalue weighted by Gasteiger charge is -2.28. The van der Waals surface area contributed by atoms with E-state index < -0.39 is 13.1 Å². The summed E-state index contributed by atoms with van der Waals surface area (Å²) >= 11 is 0. The van der Waals surface area contributed by atoms with E-state index in [0.717, 1.165) is 21.5 Å². The predicted molar refractivity (Wildman–Crippen MR) is 113 cm³/mol. The second kappa shape index (κ2) is 8.34. The van der Waals surface area contributed by atoms with Crippen molar-refractivity contribution < 1.29 is 9.90 Å². The molecule has 0 aliphatic rings. The van der Waals surface area contributed by atoms with Gasteiger partial charge in [0.2, 0.25) is 0 Å². The molecular formula is C22H23N2O2P. The standard InChI is InChI=1S/C22H23N2O2P/c1-24(2)17-18-11-9-10-16-21(18)27(23-22(25)26,19-12-5-3-6-13-19)20-14-7-4-8-15-20/h3-16H,17H2,1-2H3,(H,25,26). The SMILES string of the molecule is CN(C)Cc1ccccc1P(=NC(=O)O)(c1ccccc1)c1ccccc1. The molecule has 0 aromatic heterocycles. The summed E-state index contributed by atoms with van der Waals surface area (Å²) < 4.78 is 4.40. The molecule has 5 heteroatoms. The quantitative estimate of drug-likeness (QED) is 0.685. The molecule has 0 aliphatic carbocycles. The van der Waals surface area contributed by atoms with Crippen LogP contribution in [0.4, 0.5) is 4.79 Å². The van der Waals surface area contributed by atoms with Gasteiger partial charge in [0.1, 0.15) is 0 Å². The third-order valence-corrected chi connectivity index (χ3v) is 8.02. The van der Waals surface area contributed by atoms with Crippen molar-refractivity contribution in [2.45, 2.75) is 6.54 Å². The van der Waals surface area contributed by atoms with Gasteiger partial charge >= 0.3 is 6.09 Å². The van der Waals surface area contributed by atoms with Crippen LogP contribution < -0.4 is 15.9 Å². The Morgan fingerprint density at radius 2 is 1.33 bits per heavy atom. The Balaban J connectivity index is 2.44. The molecule has 0 radical (unpaired) electrons. The van der Waals surface area contributed by atoms with E-state index in [1.165, 1.54) is 0 Å². The van der Waals surface area contributed by atoms with E-state index in [2.05, 4.69) is 15.7 Å². The van der Waals surface area contributed by atoms with E-state index in [1.807, 2.05) is 93.0 Å². The number of nitrogens with zero attached hydrogens (tertiary/aromatic N) is 2. The molecule has 1 amide bonds. The first kappa shape index (κ1) is 19.1. The van der Waals surface area contributed by atoms with Crippen LogP contribution in [0.5, 0.6) is 0 Å². The summed E-state index contributed by atoms with van der Waals surface area (Å²) in [7, 11) is 1.32. The van der Waals surface area contributed by atoms with E-state index in [4.69, 9.17) is 0 Å². The average Bonchev–Trinajstić information content (AvgIpc) is 2.67. The van der Waals surface area contributed by atoms with Crippen LogP contribution in [-0.4, -0.2) is 30.2 Å². The minimum atomic E-state index is -2.70. The van der Waals surface area contributed by atoms with Gasteiger partial charge in [0.05, 0.1) is 7.05 Å². The Hall–Kier alpha value is -2.68. The number of hydrogen-bond donors (Lipinski definition) is 1. The molecule has 0 saturated heterocycles. The summed E-state index contributed by atoms with van der Waals surface area (Å²) in [6.45, 7) is 0.715. The van der Waals surface area contributed by atoms with Gasteiger partial charge in [-0.05, 0) is 19.7 Å². The maximum absolute atomic E-state index is 11.9. The van der Waals surface area contributed by atoms with Gasteiger partial charge in [-0.2, -0.15) is 4.74 Å². The summed E-state index contributed by atoms with van der Waals surface area (Å²) in [6, 6.07) is 27.6. The van der Waals surface area contributed by atoms with Gasteiger partial charge in [0.15, 0.2) is 0 Å². The van der Waals surface area contributed by atoms with Crippen LogP contribution >= 0.6 is 7.05 Å². The minimum Gasteiger partial charge on any atom is -0.463 e. The fourth-order valence-electron chi connectivity index (χ4n) is 3.31. The maximum Gasteiger partial charge on any atom is 0.430 e. The Labute approximate surface area is 160 Å². The van der Waals surface area contributed by atoms with E-state index in [9.17, 15) is 9.90 Å². The first-order valence-corrected chi connectivity index (χ1v) is 10.5. The van der Waals surface area contributed by atoms with Crippen molar-refractivity contribution in [3.8, 4) is 0 Å². The third kappa shape index (κ3) is 4.02. The largest absolute Gasteiger partial charge is 0.463 e. The summed E-state index contributed by atoms with van der Waals surface area (Å²) in [5.74, 6) is 0. The van der Waals surface area contributed by atoms with Gasteiger partial charge in [-0.25, -0.2) is 4.79 Å². The lowest BCUT2D eigenvalue weighted by molar-refractivity contribution is 0.206. The lowest BCUT2D eigenvalue weighted by atomic mass is 10.2. The summed E-state index contributed by atoms with van der Waals surface area (Å²) in [5.41, 5.74) is 1.09. The highest BCUT2D eigenvalue weighted by Crippen LogP contribution is 2.47. The predicted octanol–water partition coefficient (Wildman–Crippen LogP) is 3.90. The molecule has 0 fully saturated rings. The monoisotopic (exact) mass is 378 g/mol. The van der Waals surface area contributed by atoms with Crippen molar-refractivity contribution in [3.05, 3.63) is 90.5 Å². The second-order valence-electron chi connectivity index (χ2n) is 6.56. The van der Waals surface area contributed by atoms with Crippen LogP contribution in [0.2, 0.25) is 0 Å². The third-order valence-electron chi connectivity index (χ3n) is 4.32. The fourth-order valence-corrected chi connectivity index (χ4v) is 6.83. The van der Waals surface area contributed by atoms with E-state index >= 15 is 0 Å². The minimum absolute atomic E-state index is 0.715. The molecule has 0 atom stereocenters.